The van der Waals surface area contributed by atoms with Crippen LogP contribution in [0.2, 0.25) is 0 Å². The third kappa shape index (κ3) is 3.86. The number of benzene rings is 3. The van der Waals surface area contributed by atoms with Gasteiger partial charge in [0.05, 0.1) is 0 Å². The quantitative estimate of drug-likeness (QED) is 0.335. The van der Waals surface area contributed by atoms with E-state index in [2.05, 4.69) is 39.8 Å². The van der Waals surface area contributed by atoms with Crippen molar-refractivity contribution in [3.05, 3.63) is 106 Å². The van der Waals surface area contributed by atoms with Gasteiger partial charge in [0.1, 0.15) is 5.78 Å². The zero-order valence-electron chi connectivity index (χ0n) is 22.4. The Morgan fingerprint density at radius 3 is 1.72 bits per heavy atom. The van der Waals surface area contributed by atoms with Gasteiger partial charge in [-0.25, -0.2) is 0 Å². The standard InChI is InChI=1S/C33H36O3/c1-21(34)24-14-8-10-16-26(24)31(4,5)20-32(6)28-18-12-13-19-29(28)33(7,30(32)23(3)36)27-17-11-9-15-25(27)22(2)35/h8-19,30H,20H2,1-7H3. The van der Waals surface area contributed by atoms with E-state index in [4.69, 9.17) is 0 Å². The van der Waals surface area contributed by atoms with E-state index >= 15 is 0 Å². The average molecular weight is 481 g/mol. The second-order valence-corrected chi connectivity index (χ2v) is 11.5. The molecule has 36 heavy (non-hydrogen) atoms. The van der Waals surface area contributed by atoms with Crippen LogP contribution < -0.4 is 0 Å². The molecule has 3 nitrogen and oxygen atoms in total. The van der Waals surface area contributed by atoms with Crippen molar-refractivity contribution in [2.45, 2.75) is 71.1 Å². The van der Waals surface area contributed by atoms with Gasteiger partial charge < -0.3 is 0 Å². The topological polar surface area (TPSA) is 51.2 Å². The maximum atomic E-state index is 13.7. The van der Waals surface area contributed by atoms with Crippen molar-refractivity contribution < 1.29 is 14.4 Å². The maximum absolute atomic E-state index is 13.7. The Bertz CT molecular complexity index is 1360. The van der Waals surface area contributed by atoms with Gasteiger partial charge in [-0.15, -0.1) is 0 Å². The van der Waals surface area contributed by atoms with Crippen LogP contribution in [0.15, 0.2) is 72.8 Å². The minimum atomic E-state index is -0.671. The molecule has 0 aliphatic heterocycles. The first-order valence-electron chi connectivity index (χ1n) is 12.7. The zero-order chi connectivity index (χ0) is 26.5. The van der Waals surface area contributed by atoms with Gasteiger partial charge >= 0.3 is 0 Å². The number of fused-ring (bicyclic) bond motifs is 1. The van der Waals surface area contributed by atoms with Crippen LogP contribution in [-0.4, -0.2) is 17.3 Å². The molecular formula is C33H36O3. The first-order valence-corrected chi connectivity index (χ1v) is 12.7. The van der Waals surface area contributed by atoms with Gasteiger partial charge in [-0.2, -0.15) is 0 Å². The SMILES string of the molecule is CC(=O)c1ccccc1C(C)(C)CC1(C)c2ccccc2C(C)(c2ccccc2C(C)=O)C1C(C)=O. The number of hydrogen-bond donors (Lipinski definition) is 0. The van der Waals surface area contributed by atoms with Gasteiger partial charge in [0.25, 0.3) is 0 Å². The van der Waals surface area contributed by atoms with E-state index in [1.54, 1.807) is 20.8 Å². The molecule has 3 heteroatoms. The fourth-order valence-corrected chi connectivity index (χ4v) is 7.37. The highest BCUT2D eigenvalue weighted by Gasteiger charge is 2.60. The van der Waals surface area contributed by atoms with Crippen LogP contribution in [0.3, 0.4) is 0 Å². The van der Waals surface area contributed by atoms with Crippen LogP contribution >= 0.6 is 0 Å². The Labute approximate surface area is 214 Å². The second kappa shape index (κ2) is 8.96. The van der Waals surface area contributed by atoms with Gasteiger partial charge in [-0.3, -0.25) is 14.4 Å². The van der Waals surface area contributed by atoms with Crippen LogP contribution in [0.5, 0.6) is 0 Å². The fourth-order valence-electron chi connectivity index (χ4n) is 7.37. The molecule has 3 unspecified atom stereocenters. The molecule has 1 aliphatic carbocycles. The number of ketones is 3. The Morgan fingerprint density at radius 1 is 0.694 bits per heavy atom. The summed E-state index contributed by atoms with van der Waals surface area (Å²) >= 11 is 0. The summed E-state index contributed by atoms with van der Waals surface area (Å²) < 4.78 is 0. The molecule has 3 atom stereocenters. The van der Waals surface area contributed by atoms with Crippen LogP contribution in [0.4, 0.5) is 0 Å². The molecule has 0 spiro atoms. The summed E-state index contributed by atoms with van der Waals surface area (Å²) in [6.45, 7) is 13.5. The molecule has 0 aromatic heterocycles. The predicted octanol–water partition coefficient (Wildman–Crippen LogP) is 7.24. The normalized spacial score (nSPS) is 23.2. The van der Waals surface area contributed by atoms with E-state index in [1.807, 2.05) is 60.7 Å². The van der Waals surface area contributed by atoms with Crippen molar-refractivity contribution in [3.63, 3.8) is 0 Å². The predicted molar refractivity (Wildman–Crippen MR) is 145 cm³/mol. The lowest BCUT2D eigenvalue weighted by Gasteiger charge is -2.44. The summed E-state index contributed by atoms with van der Waals surface area (Å²) in [6, 6.07) is 23.8. The third-order valence-electron chi connectivity index (χ3n) is 8.43. The Hall–Kier alpha value is -3.33. The largest absolute Gasteiger partial charge is 0.300 e. The second-order valence-electron chi connectivity index (χ2n) is 11.5. The molecule has 4 rings (SSSR count). The minimum absolute atomic E-state index is 0.00377. The summed E-state index contributed by atoms with van der Waals surface area (Å²) in [4.78, 5) is 38.9. The summed E-state index contributed by atoms with van der Waals surface area (Å²) in [5, 5.41) is 0. The number of carbonyl (C=O) groups is 3. The van der Waals surface area contributed by atoms with Crippen LogP contribution in [0.25, 0.3) is 0 Å². The lowest BCUT2D eigenvalue weighted by molar-refractivity contribution is -0.124. The first kappa shape index (κ1) is 25.8. The molecule has 186 valence electrons. The summed E-state index contributed by atoms with van der Waals surface area (Å²) in [7, 11) is 0. The molecular weight excluding hydrogens is 444 g/mol. The molecule has 0 saturated heterocycles. The van der Waals surface area contributed by atoms with Crippen LogP contribution in [0, 0.1) is 5.92 Å². The van der Waals surface area contributed by atoms with Gasteiger partial charge in [0.2, 0.25) is 0 Å². The van der Waals surface area contributed by atoms with Crippen LogP contribution in [0.1, 0.15) is 97.9 Å². The highest BCUT2D eigenvalue weighted by Crippen LogP contribution is 2.61. The smallest absolute Gasteiger partial charge is 0.160 e. The minimum Gasteiger partial charge on any atom is -0.300 e. The summed E-state index contributed by atoms with van der Waals surface area (Å²) in [5.74, 6) is -0.244. The Balaban J connectivity index is 1.98. The fraction of sp³-hybridized carbons (Fsp3) is 0.364. The Kier molecular flexibility index (Phi) is 6.41. The van der Waals surface area contributed by atoms with Gasteiger partial charge in [-0.05, 0) is 54.9 Å². The monoisotopic (exact) mass is 480 g/mol. The van der Waals surface area contributed by atoms with Crippen molar-refractivity contribution in [2.24, 2.45) is 5.92 Å². The summed E-state index contributed by atoms with van der Waals surface area (Å²) in [6.07, 6.45) is 0.670. The third-order valence-corrected chi connectivity index (χ3v) is 8.43. The van der Waals surface area contributed by atoms with Crippen LogP contribution in [-0.2, 0) is 21.0 Å². The number of Topliss-reactive ketones (excluding diaryl/α,β-unsaturated/α-hetero) is 3. The van der Waals surface area contributed by atoms with Gasteiger partial charge in [0.15, 0.2) is 11.6 Å². The molecule has 0 amide bonds. The van der Waals surface area contributed by atoms with E-state index in [1.165, 1.54) is 0 Å². The van der Waals surface area contributed by atoms with Crippen molar-refractivity contribution in [3.8, 4) is 0 Å². The number of carbonyl (C=O) groups excluding carboxylic acids is 3. The van der Waals surface area contributed by atoms with Gasteiger partial charge in [-0.1, -0.05) is 100 Å². The van der Waals surface area contributed by atoms with E-state index in [0.717, 1.165) is 27.8 Å². The number of hydrogen-bond acceptors (Lipinski definition) is 3. The summed E-state index contributed by atoms with van der Waals surface area (Å²) in [5.41, 5.74) is 3.93. The molecule has 0 N–H and O–H groups in total. The molecule has 0 heterocycles. The van der Waals surface area contributed by atoms with E-state index < -0.39 is 10.8 Å². The highest BCUT2D eigenvalue weighted by atomic mass is 16.1. The highest BCUT2D eigenvalue weighted by molar-refractivity contribution is 5.97. The van der Waals surface area contributed by atoms with Gasteiger partial charge in [0, 0.05) is 27.9 Å². The van der Waals surface area contributed by atoms with E-state index in [0.29, 0.717) is 12.0 Å². The van der Waals surface area contributed by atoms with Crippen molar-refractivity contribution in [1.29, 1.82) is 0 Å². The average Bonchev–Trinajstić information content (AvgIpc) is 3.03. The lowest BCUT2D eigenvalue weighted by Crippen LogP contribution is -2.46. The number of rotatable bonds is 7. The zero-order valence-corrected chi connectivity index (χ0v) is 22.4. The molecule has 0 radical (unpaired) electrons. The van der Waals surface area contributed by atoms with E-state index in [-0.39, 0.29) is 28.7 Å². The lowest BCUT2D eigenvalue weighted by atomic mass is 9.58. The van der Waals surface area contributed by atoms with Crippen molar-refractivity contribution >= 4 is 17.3 Å². The molecule has 0 saturated carbocycles. The molecule has 3 aromatic carbocycles. The van der Waals surface area contributed by atoms with E-state index in [9.17, 15) is 14.4 Å². The van der Waals surface area contributed by atoms with Crippen molar-refractivity contribution in [1.82, 2.24) is 0 Å². The first-order chi connectivity index (χ1) is 16.9. The molecule has 0 fully saturated rings. The molecule has 1 aliphatic rings. The molecule has 3 aromatic rings. The molecule has 0 bridgehead atoms. The Morgan fingerprint density at radius 2 is 1.17 bits per heavy atom. The van der Waals surface area contributed by atoms with Crippen molar-refractivity contribution in [2.75, 3.05) is 0 Å². The maximum Gasteiger partial charge on any atom is 0.160 e.